The summed E-state index contributed by atoms with van der Waals surface area (Å²) in [5, 5.41) is 10.1. The van der Waals surface area contributed by atoms with Crippen LogP contribution in [0.3, 0.4) is 0 Å². The zero-order chi connectivity index (χ0) is 21.6. The van der Waals surface area contributed by atoms with E-state index in [0.29, 0.717) is 4.57 Å². The number of nitrogens with one attached hydrogen (secondary N) is 1. The zero-order valence-corrected chi connectivity index (χ0v) is 20.7. The van der Waals surface area contributed by atoms with Crippen LogP contribution >= 0.6 is 23.5 Å². The van der Waals surface area contributed by atoms with Gasteiger partial charge < -0.3 is 0 Å². The molecule has 0 saturated carbocycles. The number of hydrogen-bond acceptors (Lipinski definition) is 14. The first-order valence-electron chi connectivity index (χ1n) is 7.92. The predicted molar refractivity (Wildman–Crippen MR) is 86.9 cm³/mol. The summed E-state index contributed by atoms with van der Waals surface area (Å²) in [6.45, 7) is -0.830. The van der Waals surface area contributed by atoms with Gasteiger partial charge in [-0.15, -0.1) is 0 Å². The number of aliphatic hydroxyl groups is 1. The van der Waals surface area contributed by atoms with Crippen LogP contribution in [0.4, 0.5) is 4.39 Å². The molecule has 5 atom stereocenters. The average Bonchev–Trinajstić information content (AvgIpc) is 2.83. The molecule has 0 aliphatic carbocycles. The molecular weight excluding hydrogens is 679 g/mol. The number of hydrogen-bond donors (Lipinski definition) is 2. The van der Waals surface area contributed by atoms with E-state index in [1.807, 2.05) is 4.98 Å². The number of alkyl halides is 1. The van der Waals surface area contributed by atoms with E-state index < -0.39 is 88.9 Å². The Bertz CT molecular complexity index is 1180. The molecule has 1 spiro atoms. The number of aliphatic hydroxyl groups excluding tert-OH is 1. The number of nitrogens with zero attached hydrogens (tertiary/aromatic N) is 1. The number of aromatic amines is 1. The van der Waals surface area contributed by atoms with Crippen LogP contribution in [0.25, 0.3) is 0 Å². The standard InChI is InChI=1S/C9H14FN2O14P3.Pb/c10-9(12-2-1-7(14)11-8(12)15)3-5(13)6(24-9)4-23-28(19,20)26-29(21,22)25-27(16,17)18;/h1-2,5-6,13H,3-4H2,(H,19,20)(H,21,22)(H,11,14,15)(H2,16,17,18);/q;+4/p-4/t5-,6+,9-;/m0./s1. The molecule has 1 aromatic rings. The van der Waals surface area contributed by atoms with Crippen LogP contribution in [0.5, 0.6) is 0 Å². The fraction of sp³-hybridized carbons (Fsp3) is 0.556. The van der Waals surface area contributed by atoms with Crippen LogP contribution in [0.15, 0.2) is 21.9 Å². The Morgan fingerprint density at radius 3 is 2.60 bits per heavy atom. The molecule has 0 aromatic carbocycles. The van der Waals surface area contributed by atoms with Gasteiger partial charge in [-0.2, -0.15) is 0 Å². The molecule has 5 fully saturated rings. The summed E-state index contributed by atoms with van der Waals surface area (Å²) in [5.74, 6) is -2.86. The Kier molecular flexibility index (Phi) is 4.84. The number of phosphoric acid groups is 3. The fourth-order valence-corrected chi connectivity index (χ4v) is 33.5. The molecule has 5 saturated heterocycles. The van der Waals surface area contributed by atoms with Crippen LogP contribution in [0.1, 0.15) is 6.42 Å². The van der Waals surface area contributed by atoms with E-state index >= 15 is 4.39 Å². The maximum atomic E-state index is 15.1. The number of rotatable bonds is 4. The Hall–Kier alpha value is -0.138. The summed E-state index contributed by atoms with van der Waals surface area (Å²) in [7, 11) is -13.5. The zero-order valence-electron chi connectivity index (χ0n) is 14.1. The van der Waals surface area contributed by atoms with Crippen LogP contribution in [-0.4, -0.2) is 56.5 Å². The average molecular weight is 689 g/mol. The monoisotopic (exact) mass is 690 g/mol. The fourth-order valence-electron chi connectivity index (χ4n) is 2.92. The van der Waals surface area contributed by atoms with Crippen LogP contribution in [0.2, 0.25) is 0 Å². The third-order valence-corrected chi connectivity index (χ3v) is 30.4. The Labute approximate surface area is 171 Å². The second kappa shape index (κ2) is 6.69. The van der Waals surface area contributed by atoms with Crippen molar-refractivity contribution in [2.24, 2.45) is 0 Å². The van der Waals surface area contributed by atoms with Crippen molar-refractivity contribution in [3.8, 4) is 0 Å². The molecule has 2 unspecified atom stereocenters. The van der Waals surface area contributed by atoms with Gasteiger partial charge in [0, 0.05) is 0 Å². The molecule has 0 radical (unpaired) electrons. The van der Waals surface area contributed by atoms with Crippen molar-refractivity contribution in [2.45, 2.75) is 24.6 Å². The van der Waals surface area contributed by atoms with Gasteiger partial charge >= 0.3 is 171 Å². The van der Waals surface area contributed by atoms with Gasteiger partial charge in [0.2, 0.25) is 0 Å². The summed E-state index contributed by atoms with van der Waals surface area (Å²) in [5.41, 5.74) is -1.91. The van der Waals surface area contributed by atoms with E-state index in [-0.39, 0.29) is 0 Å². The summed E-state index contributed by atoms with van der Waals surface area (Å²) < 4.78 is 90.2. The van der Waals surface area contributed by atoms with Crippen molar-refractivity contribution < 1.29 is 51.0 Å². The van der Waals surface area contributed by atoms with Gasteiger partial charge in [-0.25, -0.2) is 0 Å². The molecule has 1 aromatic heterocycles. The Morgan fingerprint density at radius 1 is 1.23 bits per heavy atom. The quantitative estimate of drug-likeness (QED) is 0.321. The Morgan fingerprint density at radius 2 is 1.93 bits per heavy atom. The number of halogens is 1. The van der Waals surface area contributed by atoms with Gasteiger partial charge in [-0.3, -0.25) is 0 Å². The predicted octanol–water partition coefficient (Wildman–Crippen LogP) is 0.183. The first-order chi connectivity index (χ1) is 13.8. The maximum absolute atomic E-state index is 15.1. The van der Waals surface area contributed by atoms with E-state index in [4.69, 9.17) is 19.2 Å². The molecule has 2 N–H and O–H groups in total. The second-order valence-electron chi connectivity index (χ2n) is 6.26. The molecule has 6 heterocycles. The number of ether oxygens (including phenoxy) is 1. The van der Waals surface area contributed by atoms with Crippen molar-refractivity contribution in [1.82, 2.24) is 9.55 Å². The van der Waals surface area contributed by atoms with Gasteiger partial charge in [-0.05, 0) is 0 Å². The normalized spacial score (nSPS) is 49.5. The molecule has 16 nitrogen and oxygen atoms in total. The van der Waals surface area contributed by atoms with Crippen molar-refractivity contribution in [2.75, 3.05) is 6.61 Å². The summed E-state index contributed by atoms with van der Waals surface area (Å²) >= 11 is -5.31. The summed E-state index contributed by atoms with van der Waals surface area (Å²) in [6, 6.07) is 0.865. The molecule has 6 rings (SSSR count). The third kappa shape index (κ3) is 3.59. The molecule has 5 aliphatic rings. The molecular formula is C9H10FN2O14P3Pb. The van der Waals surface area contributed by atoms with Gasteiger partial charge in [0.15, 0.2) is 0 Å². The van der Waals surface area contributed by atoms with E-state index in [1.54, 1.807) is 0 Å². The minimum atomic E-state index is -5.31. The van der Waals surface area contributed by atoms with E-state index in [9.17, 15) is 28.4 Å². The van der Waals surface area contributed by atoms with Crippen LogP contribution in [0, 0.1) is 0 Å². The minimum absolute atomic E-state index is 0.404. The molecule has 166 valence electrons. The molecule has 3 bridgehead atoms. The summed E-state index contributed by atoms with van der Waals surface area (Å²) in [6.07, 6.45) is -2.98. The molecule has 5 aliphatic heterocycles. The van der Waals surface area contributed by atoms with E-state index in [1.165, 1.54) is 0 Å². The van der Waals surface area contributed by atoms with Crippen LogP contribution in [-0.2, 0) is 47.5 Å². The first-order valence-corrected chi connectivity index (χ1v) is 18.7. The van der Waals surface area contributed by atoms with E-state index in [2.05, 4.69) is 8.62 Å². The van der Waals surface area contributed by atoms with Crippen LogP contribution < -0.4 is 11.2 Å². The van der Waals surface area contributed by atoms with Crippen molar-refractivity contribution in [3.05, 3.63) is 33.1 Å². The second-order valence-corrected chi connectivity index (χ2v) is 23.6. The van der Waals surface area contributed by atoms with Gasteiger partial charge in [0.25, 0.3) is 0 Å². The number of H-pyrrole nitrogens is 1. The third-order valence-electron chi connectivity index (χ3n) is 4.10. The number of aromatic nitrogens is 2. The van der Waals surface area contributed by atoms with Gasteiger partial charge in [0.05, 0.1) is 0 Å². The topological polar surface area (TPSA) is 200 Å². The SMILES string of the molecule is O=c1ccn([C@@]2(F)C[C@H](O)[C@@H](COP3(=O)OP4(=O)OP5(=O)[O][Pb]([O]3)([O]4)[O]5)O2)c(=O)[nH]1. The molecule has 0 amide bonds. The van der Waals surface area contributed by atoms with Crippen molar-refractivity contribution >= 4 is 46.5 Å². The van der Waals surface area contributed by atoms with E-state index in [0.717, 1.165) is 12.3 Å². The summed E-state index contributed by atoms with van der Waals surface area (Å²) in [4.78, 5) is 24.8. The Balaban J connectivity index is 1.31. The van der Waals surface area contributed by atoms with Gasteiger partial charge in [0.1, 0.15) is 0 Å². The first kappa shape index (κ1) is 21.7. The van der Waals surface area contributed by atoms with Crippen molar-refractivity contribution in [3.63, 3.8) is 0 Å². The molecule has 21 heteroatoms. The molecule has 30 heavy (non-hydrogen) atoms. The van der Waals surface area contributed by atoms with Gasteiger partial charge in [-0.1, -0.05) is 0 Å². The van der Waals surface area contributed by atoms with Crippen molar-refractivity contribution in [1.29, 1.82) is 0 Å².